The normalized spacial score (nSPS) is 10.1. The number of nitrogens with two attached hydrogens (primary N) is 1. The number of carbonyl (C=O) groups excluding carboxylic acids is 1. The van der Waals surface area contributed by atoms with Crippen molar-refractivity contribution in [2.24, 2.45) is 0 Å². The second-order valence-corrected chi connectivity index (χ2v) is 3.87. The molecule has 1 aromatic carbocycles. The zero-order valence-corrected chi connectivity index (χ0v) is 10.3. The molecule has 18 heavy (non-hydrogen) atoms. The Kier molecular flexibility index (Phi) is 3.43. The standard InChI is InChI=1S/C12H10ClN3O2/c1-18-12(17)8-6-15-11(16-10(8)14)7-4-2-3-5-9(7)13/h2-6H,1H3,(H2,14,15,16). The molecule has 2 aromatic rings. The van der Waals surface area contributed by atoms with Gasteiger partial charge in [0.15, 0.2) is 5.82 Å². The van der Waals surface area contributed by atoms with Crippen LogP contribution in [0.5, 0.6) is 0 Å². The molecule has 2 N–H and O–H groups in total. The molecule has 0 aliphatic carbocycles. The number of methoxy groups -OCH3 is 1. The van der Waals surface area contributed by atoms with Gasteiger partial charge >= 0.3 is 5.97 Å². The highest BCUT2D eigenvalue weighted by atomic mass is 35.5. The lowest BCUT2D eigenvalue weighted by atomic mass is 10.2. The maximum absolute atomic E-state index is 11.3. The summed E-state index contributed by atoms with van der Waals surface area (Å²) < 4.78 is 4.56. The molecule has 1 heterocycles. The predicted octanol–water partition coefficient (Wildman–Crippen LogP) is 2.17. The maximum Gasteiger partial charge on any atom is 0.343 e. The highest BCUT2D eigenvalue weighted by Crippen LogP contribution is 2.25. The average Bonchev–Trinajstić information content (AvgIpc) is 2.38. The van der Waals surface area contributed by atoms with E-state index in [1.165, 1.54) is 13.3 Å². The van der Waals surface area contributed by atoms with Gasteiger partial charge in [-0.15, -0.1) is 0 Å². The Labute approximate surface area is 109 Å². The quantitative estimate of drug-likeness (QED) is 0.840. The third-order valence-electron chi connectivity index (χ3n) is 2.34. The van der Waals surface area contributed by atoms with Crippen molar-refractivity contribution in [2.75, 3.05) is 12.8 Å². The van der Waals surface area contributed by atoms with Crippen LogP contribution >= 0.6 is 11.6 Å². The molecule has 0 spiro atoms. The average molecular weight is 264 g/mol. The minimum atomic E-state index is -0.571. The van der Waals surface area contributed by atoms with E-state index in [0.29, 0.717) is 16.4 Å². The van der Waals surface area contributed by atoms with E-state index in [2.05, 4.69) is 14.7 Å². The SMILES string of the molecule is COC(=O)c1cnc(-c2ccccc2Cl)nc1N. The Balaban J connectivity index is 2.47. The molecule has 0 aliphatic rings. The second kappa shape index (κ2) is 5.01. The van der Waals surface area contributed by atoms with Crippen molar-refractivity contribution >= 4 is 23.4 Å². The van der Waals surface area contributed by atoms with E-state index in [1.807, 2.05) is 6.07 Å². The number of anilines is 1. The van der Waals surface area contributed by atoms with Crippen molar-refractivity contribution in [3.8, 4) is 11.4 Å². The van der Waals surface area contributed by atoms with Crippen LogP contribution in [0.2, 0.25) is 5.02 Å². The highest BCUT2D eigenvalue weighted by Gasteiger charge is 2.14. The number of benzene rings is 1. The molecular formula is C12H10ClN3O2. The Morgan fingerprint density at radius 2 is 2.11 bits per heavy atom. The molecular weight excluding hydrogens is 254 g/mol. The van der Waals surface area contributed by atoms with Crippen LogP contribution in [0.15, 0.2) is 30.5 Å². The molecule has 0 fully saturated rings. The summed E-state index contributed by atoms with van der Waals surface area (Å²) in [6.07, 6.45) is 1.33. The number of nitrogens with zero attached hydrogens (tertiary/aromatic N) is 2. The van der Waals surface area contributed by atoms with Gasteiger partial charge in [0.1, 0.15) is 11.4 Å². The molecule has 92 valence electrons. The molecule has 0 radical (unpaired) electrons. The molecule has 0 saturated heterocycles. The number of carbonyl (C=O) groups is 1. The molecule has 0 unspecified atom stereocenters. The van der Waals surface area contributed by atoms with Crippen molar-refractivity contribution in [2.45, 2.75) is 0 Å². The number of halogens is 1. The number of ether oxygens (including phenoxy) is 1. The largest absolute Gasteiger partial charge is 0.465 e. The van der Waals surface area contributed by atoms with Gasteiger partial charge in [-0.3, -0.25) is 0 Å². The van der Waals surface area contributed by atoms with Crippen LogP contribution < -0.4 is 5.73 Å². The summed E-state index contributed by atoms with van der Waals surface area (Å²) in [6.45, 7) is 0. The van der Waals surface area contributed by atoms with E-state index in [4.69, 9.17) is 17.3 Å². The van der Waals surface area contributed by atoms with Gasteiger partial charge in [0.05, 0.1) is 12.1 Å². The maximum atomic E-state index is 11.3. The topological polar surface area (TPSA) is 78.1 Å². The molecule has 0 bridgehead atoms. The van der Waals surface area contributed by atoms with Crippen LogP contribution in [0.1, 0.15) is 10.4 Å². The van der Waals surface area contributed by atoms with Gasteiger partial charge in [0, 0.05) is 11.8 Å². The Bertz CT molecular complexity index is 602. The number of aromatic nitrogens is 2. The molecule has 0 atom stereocenters. The fourth-order valence-corrected chi connectivity index (χ4v) is 1.65. The first-order valence-corrected chi connectivity index (χ1v) is 5.47. The molecule has 2 rings (SSSR count). The predicted molar refractivity (Wildman–Crippen MR) is 68.2 cm³/mol. The zero-order valence-electron chi connectivity index (χ0n) is 9.55. The van der Waals surface area contributed by atoms with E-state index in [-0.39, 0.29) is 11.4 Å². The molecule has 0 saturated carbocycles. The van der Waals surface area contributed by atoms with Crippen molar-refractivity contribution in [1.29, 1.82) is 0 Å². The van der Waals surface area contributed by atoms with Crippen molar-refractivity contribution in [1.82, 2.24) is 9.97 Å². The van der Waals surface area contributed by atoms with Crippen LogP contribution in [0.25, 0.3) is 11.4 Å². The summed E-state index contributed by atoms with van der Waals surface area (Å²) in [5.41, 5.74) is 6.48. The van der Waals surface area contributed by atoms with Crippen LogP contribution in [-0.2, 0) is 4.74 Å². The Hall–Kier alpha value is -2.14. The summed E-state index contributed by atoms with van der Waals surface area (Å²) in [5.74, 6) is -0.143. The first kappa shape index (κ1) is 12.3. The van der Waals surface area contributed by atoms with E-state index < -0.39 is 5.97 Å². The van der Waals surface area contributed by atoms with E-state index in [1.54, 1.807) is 18.2 Å². The lowest BCUT2D eigenvalue weighted by Gasteiger charge is -2.06. The third kappa shape index (κ3) is 2.26. The van der Waals surface area contributed by atoms with Crippen LogP contribution in [0, 0.1) is 0 Å². The summed E-state index contributed by atoms with van der Waals surface area (Å²) in [5, 5.41) is 0.516. The number of hydrogen-bond acceptors (Lipinski definition) is 5. The smallest absolute Gasteiger partial charge is 0.343 e. The Morgan fingerprint density at radius 1 is 1.39 bits per heavy atom. The summed E-state index contributed by atoms with van der Waals surface area (Å²) in [7, 11) is 1.27. The van der Waals surface area contributed by atoms with Crippen molar-refractivity contribution in [3.63, 3.8) is 0 Å². The summed E-state index contributed by atoms with van der Waals surface area (Å²) >= 11 is 6.03. The number of esters is 1. The van der Waals surface area contributed by atoms with E-state index in [9.17, 15) is 4.79 Å². The molecule has 0 aliphatic heterocycles. The molecule has 6 heteroatoms. The number of rotatable bonds is 2. The van der Waals surface area contributed by atoms with Gasteiger partial charge in [-0.2, -0.15) is 0 Å². The number of nitrogen functional groups attached to an aromatic ring is 1. The van der Waals surface area contributed by atoms with Crippen molar-refractivity contribution in [3.05, 3.63) is 41.0 Å². The number of hydrogen-bond donors (Lipinski definition) is 1. The van der Waals surface area contributed by atoms with E-state index >= 15 is 0 Å². The molecule has 1 aromatic heterocycles. The zero-order chi connectivity index (χ0) is 13.1. The minimum absolute atomic E-state index is 0.0618. The van der Waals surface area contributed by atoms with Crippen LogP contribution in [0.4, 0.5) is 5.82 Å². The Morgan fingerprint density at radius 3 is 2.72 bits per heavy atom. The fraction of sp³-hybridized carbons (Fsp3) is 0.0833. The first-order chi connectivity index (χ1) is 8.63. The minimum Gasteiger partial charge on any atom is -0.465 e. The lowest BCUT2D eigenvalue weighted by Crippen LogP contribution is -2.09. The van der Waals surface area contributed by atoms with Gasteiger partial charge in [0.25, 0.3) is 0 Å². The summed E-state index contributed by atoms with van der Waals surface area (Å²) in [4.78, 5) is 19.5. The van der Waals surface area contributed by atoms with Gasteiger partial charge < -0.3 is 10.5 Å². The van der Waals surface area contributed by atoms with Gasteiger partial charge in [-0.1, -0.05) is 23.7 Å². The second-order valence-electron chi connectivity index (χ2n) is 3.46. The molecule has 0 amide bonds. The van der Waals surface area contributed by atoms with Crippen molar-refractivity contribution < 1.29 is 9.53 Å². The fourth-order valence-electron chi connectivity index (χ4n) is 1.43. The van der Waals surface area contributed by atoms with Crippen LogP contribution in [-0.4, -0.2) is 23.0 Å². The monoisotopic (exact) mass is 263 g/mol. The highest BCUT2D eigenvalue weighted by molar-refractivity contribution is 6.33. The first-order valence-electron chi connectivity index (χ1n) is 5.09. The van der Waals surface area contributed by atoms with E-state index in [0.717, 1.165) is 0 Å². The lowest BCUT2D eigenvalue weighted by molar-refractivity contribution is 0.0601. The summed E-state index contributed by atoms with van der Waals surface area (Å²) in [6, 6.07) is 7.12. The van der Waals surface area contributed by atoms with Gasteiger partial charge in [-0.05, 0) is 12.1 Å². The van der Waals surface area contributed by atoms with Gasteiger partial charge in [0.2, 0.25) is 0 Å². The molecule has 5 nitrogen and oxygen atoms in total. The van der Waals surface area contributed by atoms with Gasteiger partial charge in [-0.25, -0.2) is 14.8 Å². The van der Waals surface area contributed by atoms with Crippen LogP contribution in [0.3, 0.4) is 0 Å². The third-order valence-corrected chi connectivity index (χ3v) is 2.67.